The summed E-state index contributed by atoms with van der Waals surface area (Å²) in [5.74, 6) is 1.64. The fourth-order valence-corrected chi connectivity index (χ4v) is 3.29. The number of nitrogens with zero attached hydrogens (tertiary/aromatic N) is 1. The van der Waals surface area contributed by atoms with Crippen molar-refractivity contribution in [2.24, 2.45) is 5.92 Å². The summed E-state index contributed by atoms with van der Waals surface area (Å²) in [5.41, 5.74) is 3.19. The van der Waals surface area contributed by atoms with E-state index in [4.69, 9.17) is 4.74 Å². The lowest BCUT2D eigenvalue weighted by atomic mass is 9.97. The summed E-state index contributed by atoms with van der Waals surface area (Å²) in [7, 11) is 1.78. The Bertz CT molecular complexity index is 377. The molecule has 0 radical (unpaired) electrons. The van der Waals surface area contributed by atoms with Gasteiger partial charge in [0.1, 0.15) is 0 Å². The lowest BCUT2D eigenvalue weighted by Crippen LogP contribution is -2.25. The Morgan fingerprint density at radius 1 is 1.31 bits per heavy atom. The van der Waals surface area contributed by atoms with Crippen LogP contribution in [0.2, 0.25) is 0 Å². The zero-order valence-electron chi connectivity index (χ0n) is 9.86. The van der Waals surface area contributed by atoms with Crippen molar-refractivity contribution in [3.8, 4) is 0 Å². The van der Waals surface area contributed by atoms with Crippen molar-refractivity contribution >= 4 is 0 Å². The lowest BCUT2D eigenvalue weighted by molar-refractivity contribution is 0.158. The van der Waals surface area contributed by atoms with Gasteiger partial charge in [-0.1, -0.05) is 24.3 Å². The van der Waals surface area contributed by atoms with Crippen LogP contribution in [0.1, 0.15) is 17.0 Å². The molecule has 2 unspecified atom stereocenters. The van der Waals surface area contributed by atoms with Gasteiger partial charge in [0.2, 0.25) is 0 Å². The summed E-state index contributed by atoms with van der Waals surface area (Å²) in [5, 5.41) is 0. The van der Waals surface area contributed by atoms with E-state index in [9.17, 15) is 0 Å². The maximum absolute atomic E-state index is 5.15. The molecular weight excluding hydrogens is 198 g/mol. The SMILES string of the molecule is COCCN1CC2Cc3ccccc3C2C1. The van der Waals surface area contributed by atoms with Crippen LogP contribution in [0.4, 0.5) is 0 Å². The van der Waals surface area contributed by atoms with Crippen molar-refractivity contribution in [1.29, 1.82) is 0 Å². The summed E-state index contributed by atoms with van der Waals surface area (Å²) in [4.78, 5) is 2.55. The summed E-state index contributed by atoms with van der Waals surface area (Å²) in [6.07, 6.45) is 1.28. The number of hydrogen-bond donors (Lipinski definition) is 0. The van der Waals surface area contributed by atoms with Crippen LogP contribution < -0.4 is 0 Å². The predicted molar refractivity (Wildman–Crippen MR) is 64.7 cm³/mol. The number of benzene rings is 1. The molecule has 0 amide bonds. The zero-order valence-corrected chi connectivity index (χ0v) is 9.86. The Morgan fingerprint density at radius 3 is 3.06 bits per heavy atom. The average molecular weight is 217 g/mol. The Balaban J connectivity index is 1.72. The minimum Gasteiger partial charge on any atom is -0.383 e. The number of ether oxygens (including phenoxy) is 1. The van der Waals surface area contributed by atoms with Gasteiger partial charge in [0, 0.05) is 32.7 Å². The molecule has 1 aliphatic carbocycles. The van der Waals surface area contributed by atoms with E-state index in [0.717, 1.165) is 25.0 Å². The lowest BCUT2D eigenvalue weighted by Gasteiger charge is -2.16. The van der Waals surface area contributed by atoms with Crippen molar-refractivity contribution in [2.75, 3.05) is 33.4 Å². The van der Waals surface area contributed by atoms with Crippen LogP contribution in [0.3, 0.4) is 0 Å². The van der Waals surface area contributed by atoms with Crippen molar-refractivity contribution < 1.29 is 4.74 Å². The topological polar surface area (TPSA) is 12.5 Å². The van der Waals surface area contributed by atoms with Gasteiger partial charge in [-0.05, 0) is 23.5 Å². The van der Waals surface area contributed by atoms with Crippen molar-refractivity contribution in [3.05, 3.63) is 35.4 Å². The molecule has 2 nitrogen and oxygen atoms in total. The highest BCUT2D eigenvalue weighted by Gasteiger charge is 2.39. The molecule has 0 bridgehead atoms. The quantitative estimate of drug-likeness (QED) is 0.767. The van der Waals surface area contributed by atoms with Gasteiger partial charge < -0.3 is 9.64 Å². The molecular formula is C14H19NO. The molecule has 3 rings (SSSR count). The molecule has 0 saturated carbocycles. The van der Waals surface area contributed by atoms with Crippen LogP contribution >= 0.6 is 0 Å². The van der Waals surface area contributed by atoms with Gasteiger partial charge in [-0.15, -0.1) is 0 Å². The highest BCUT2D eigenvalue weighted by atomic mass is 16.5. The normalized spacial score (nSPS) is 28.1. The van der Waals surface area contributed by atoms with Crippen LogP contribution in [0.15, 0.2) is 24.3 Å². The summed E-state index contributed by atoms with van der Waals surface area (Å²) >= 11 is 0. The first-order valence-electron chi connectivity index (χ1n) is 6.17. The molecule has 0 N–H and O–H groups in total. The average Bonchev–Trinajstić information content (AvgIpc) is 2.83. The predicted octanol–water partition coefficient (Wildman–Crippen LogP) is 1.90. The van der Waals surface area contributed by atoms with Crippen molar-refractivity contribution in [1.82, 2.24) is 4.90 Å². The van der Waals surface area contributed by atoms with E-state index in [0.29, 0.717) is 0 Å². The number of likely N-dealkylation sites (tertiary alicyclic amines) is 1. The van der Waals surface area contributed by atoms with E-state index in [1.54, 1.807) is 18.2 Å². The van der Waals surface area contributed by atoms with Crippen molar-refractivity contribution in [3.63, 3.8) is 0 Å². The van der Waals surface area contributed by atoms with Crippen LogP contribution in [0.25, 0.3) is 0 Å². The van der Waals surface area contributed by atoms with Gasteiger partial charge in [0.15, 0.2) is 0 Å². The second kappa shape index (κ2) is 4.19. The number of rotatable bonds is 3. The van der Waals surface area contributed by atoms with Gasteiger partial charge in [-0.2, -0.15) is 0 Å². The van der Waals surface area contributed by atoms with Gasteiger partial charge in [-0.25, -0.2) is 0 Å². The maximum Gasteiger partial charge on any atom is 0.0589 e. The smallest absolute Gasteiger partial charge is 0.0589 e. The number of methoxy groups -OCH3 is 1. The largest absolute Gasteiger partial charge is 0.383 e. The molecule has 1 heterocycles. The van der Waals surface area contributed by atoms with E-state index in [1.807, 2.05) is 0 Å². The van der Waals surface area contributed by atoms with E-state index < -0.39 is 0 Å². The minimum absolute atomic E-state index is 0.785. The molecule has 1 aliphatic heterocycles. The Labute approximate surface area is 97.2 Å². The molecule has 16 heavy (non-hydrogen) atoms. The van der Waals surface area contributed by atoms with Crippen LogP contribution in [0, 0.1) is 5.92 Å². The third kappa shape index (κ3) is 1.66. The number of fused-ring (bicyclic) bond motifs is 3. The third-order valence-corrected chi connectivity index (χ3v) is 4.06. The molecule has 2 heteroatoms. The maximum atomic E-state index is 5.15. The third-order valence-electron chi connectivity index (χ3n) is 4.06. The van der Waals surface area contributed by atoms with Gasteiger partial charge in [0.05, 0.1) is 6.61 Å². The summed E-state index contributed by atoms with van der Waals surface area (Å²) in [6.45, 7) is 4.43. The summed E-state index contributed by atoms with van der Waals surface area (Å²) < 4.78 is 5.15. The molecule has 1 aromatic carbocycles. The van der Waals surface area contributed by atoms with E-state index in [-0.39, 0.29) is 0 Å². The first-order valence-corrected chi connectivity index (χ1v) is 6.17. The van der Waals surface area contributed by atoms with E-state index >= 15 is 0 Å². The highest BCUT2D eigenvalue weighted by molar-refractivity contribution is 5.37. The molecule has 2 atom stereocenters. The van der Waals surface area contributed by atoms with Gasteiger partial charge in [0.25, 0.3) is 0 Å². The molecule has 1 fully saturated rings. The van der Waals surface area contributed by atoms with Gasteiger partial charge in [-0.3, -0.25) is 0 Å². The second-order valence-electron chi connectivity index (χ2n) is 5.02. The standard InChI is InChI=1S/C14H19NO/c1-16-7-6-15-9-12-8-11-4-2-3-5-13(11)14(12)10-15/h2-5,12,14H,6-10H2,1H3. The molecule has 86 valence electrons. The van der Waals surface area contributed by atoms with Crippen LogP contribution in [-0.4, -0.2) is 38.3 Å². The Morgan fingerprint density at radius 2 is 2.19 bits per heavy atom. The highest BCUT2D eigenvalue weighted by Crippen LogP contribution is 2.42. The monoisotopic (exact) mass is 217 g/mol. The van der Waals surface area contributed by atoms with Crippen LogP contribution in [-0.2, 0) is 11.2 Å². The number of hydrogen-bond acceptors (Lipinski definition) is 2. The van der Waals surface area contributed by atoms with E-state index in [1.165, 1.54) is 19.5 Å². The molecule has 2 aliphatic rings. The first-order chi connectivity index (χ1) is 7.88. The summed E-state index contributed by atoms with van der Waals surface area (Å²) in [6, 6.07) is 8.97. The zero-order chi connectivity index (χ0) is 11.0. The Hall–Kier alpha value is -0.860. The second-order valence-corrected chi connectivity index (χ2v) is 5.02. The molecule has 0 spiro atoms. The Kier molecular flexibility index (Phi) is 2.70. The van der Waals surface area contributed by atoms with E-state index in [2.05, 4.69) is 29.2 Å². The fraction of sp³-hybridized carbons (Fsp3) is 0.571. The van der Waals surface area contributed by atoms with Gasteiger partial charge >= 0.3 is 0 Å². The first kappa shape index (κ1) is 10.3. The molecule has 1 saturated heterocycles. The minimum atomic E-state index is 0.785. The van der Waals surface area contributed by atoms with Crippen LogP contribution in [0.5, 0.6) is 0 Å². The molecule has 1 aromatic rings. The van der Waals surface area contributed by atoms with Crippen molar-refractivity contribution in [2.45, 2.75) is 12.3 Å². The fourth-order valence-electron chi connectivity index (χ4n) is 3.29. The molecule has 0 aromatic heterocycles.